The Hall–Kier alpha value is -3.73. The van der Waals surface area contributed by atoms with Crippen molar-refractivity contribution in [3.8, 4) is 5.13 Å². The van der Waals surface area contributed by atoms with Crippen LogP contribution in [0.1, 0.15) is 23.2 Å². The van der Waals surface area contributed by atoms with Crippen molar-refractivity contribution in [3.05, 3.63) is 58.1 Å². The lowest BCUT2D eigenvalue weighted by atomic mass is 10.3. The highest BCUT2D eigenvalue weighted by atomic mass is 32.1. The van der Waals surface area contributed by atoms with Gasteiger partial charge in [0, 0.05) is 36.9 Å². The number of carbonyl (C=O) groups is 1. The van der Waals surface area contributed by atoms with Crippen molar-refractivity contribution in [2.24, 2.45) is 0 Å². The average molecular weight is 422 g/mol. The maximum Gasteiger partial charge on any atom is 0.280 e. The first-order valence-electron chi connectivity index (χ1n) is 9.40. The van der Waals surface area contributed by atoms with E-state index < -0.39 is 0 Å². The average Bonchev–Trinajstić information content (AvgIpc) is 3.22. The fourth-order valence-corrected chi connectivity index (χ4v) is 3.69. The number of nitrogens with one attached hydrogen (secondary N) is 3. The van der Waals surface area contributed by atoms with Gasteiger partial charge >= 0.3 is 0 Å². The van der Waals surface area contributed by atoms with Crippen molar-refractivity contribution < 1.29 is 4.79 Å². The Balaban J connectivity index is 1.54. The normalized spacial score (nSPS) is 13.4. The summed E-state index contributed by atoms with van der Waals surface area (Å²) in [6, 6.07) is 5.39. The minimum atomic E-state index is -0.250. The Morgan fingerprint density at radius 1 is 1.33 bits per heavy atom. The molecular weight excluding hydrogens is 404 g/mol. The fourth-order valence-electron chi connectivity index (χ4n) is 3.07. The Morgan fingerprint density at radius 3 is 2.93 bits per heavy atom. The summed E-state index contributed by atoms with van der Waals surface area (Å²) in [6.07, 6.45) is 6.80. The molecule has 0 atom stereocenters. The van der Waals surface area contributed by atoms with Gasteiger partial charge in [-0.2, -0.15) is 9.61 Å². The van der Waals surface area contributed by atoms with Crippen LogP contribution < -0.4 is 21.5 Å². The largest absolute Gasteiger partial charge is 0.373 e. The van der Waals surface area contributed by atoms with Gasteiger partial charge in [0.05, 0.1) is 6.20 Å². The fraction of sp³-hybridized carbons (Fsp3) is 0.211. The van der Waals surface area contributed by atoms with Crippen molar-refractivity contribution in [1.29, 1.82) is 0 Å². The van der Waals surface area contributed by atoms with Gasteiger partial charge in [-0.05, 0) is 25.0 Å². The van der Waals surface area contributed by atoms with Crippen LogP contribution >= 0.6 is 11.3 Å². The zero-order valence-corrected chi connectivity index (χ0v) is 16.8. The standard InChI is InChI=1S/C19H18N8O2S/c1-20-15-9-14(24-13-3-2-7-26(18(13)29)19-21-6-8-30-19)25-16-12(10-22-27(15)16)17(28)23-11-4-5-11/h2-3,6-11,20H,4-5H2,1H3,(H,23,28)(H,24,25). The van der Waals surface area contributed by atoms with Crippen molar-refractivity contribution in [2.75, 3.05) is 17.7 Å². The van der Waals surface area contributed by atoms with Crippen LogP contribution in [0, 0.1) is 0 Å². The van der Waals surface area contributed by atoms with E-state index in [9.17, 15) is 9.59 Å². The summed E-state index contributed by atoms with van der Waals surface area (Å²) in [5, 5.41) is 15.7. The van der Waals surface area contributed by atoms with Gasteiger partial charge in [-0.25, -0.2) is 9.97 Å². The van der Waals surface area contributed by atoms with Gasteiger partial charge in [0.15, 0.2) is 10.8 Å². The summed E-state index contributed by atoms with van der Waals surface area (Å²) in [4.78, 5) is 34.2. The third kappa shape index (κ3) is 3.28. The molecule has 152 valence electrons. The molecule has 0 saturated heterocycles. The summed E-state index contributed by atoms with van der Waals surface area (Å²) in [6.45, 7) is 0. The first kappa shape index (κ1) is 18.3. The van der Waals surface area contributed by atoms with Crippen LogP contribution in [0.25, 0.3) is 10.8 Å². The van der Waals surface area contributed by atoms with Crippen LogP contribution in [0.5, 0.6) is 0 Å². The Bertz CT molecular complexity index is 1290. The third-order valence-electron chi connectivity index (χ3n) is 4.72. The SMILES string of the molecule is CNc1cc(Nc2cccn(-c3nccs3)c2=O)nc2c(C(=O)NC3CC3)cnn12. The molecule has 4 aromatic heterocycles. The second-order valence-electron chi connectivity index (χ2n) is 6.85. The van der Waals surface area contributed by atoms with Gasteiger partial charge in [0.25, 0.3) is 11.5 Å². The van der Waals surface area contributed by atoms with E-state index in [1.807, 2.05) is 5.38 Å². The van der Waals surface area contributed by atoms with Gasteiger partial charge < -0.3 is 16.0 Å². The Labute approximate surface area is 174 Å². The highest BCUT2D eigenvalue weighted by Crippen LogP contribution is 2.23. The summed E-state index contributed by atoms with van der Waals surface area (Å²) in [7, 11) is 1.75. The lowest BCUT2D eigenvalue weighted by molar-refractivity contribution is 0.0952. The predicted molar refractivity (Wildman–Crippen MR) is 114 cm³/mol. The molecule has 10 nitrogen and oxygen atoms in total. The van der Waals surface area contributed by atoms with Crippen LogP contribution in [-0.4, -0.2) is 43.1 Å². The van der Waals surface area contributed by atoms with E-state index in [0.717, 1.165) is 12.8 Å². The van der Waals surface area contributed by atoms with E-state index in [-0.39, 0.29) is 17.5 Å². The zero-order chi connectivity index (χ0) is 20.7. The number of thiazole rings is 1. The van der Waals surface area contributed by atoms with E-state index in [1.54, 1.807) is 42.2 Å². The van der Waals surface area contributed by atoms with E-state index in [4.69, 9.17) is 0 Å². The number of nitrogens with zero attached hydrogens (tertiary/aromatic N) is 5. The van der Waals surface area contributed by atoms with Crippen LogP contribution in [0.2, 0.25) is 0 Å². The van der Waals surface area contributed by atoms with E-state index in [2.05, 4.69) is 31.0 Å². The number of aromatic nitrogens is 5. The lowest BCUT2D eigenvalue weighted by Gasteiger charge is -2.11. The second-order valence-corrected chi connectivity index (χ2v) is 7.73. The van der Waals surface area contributed by atoms with Gasteiger partial charge in [-0.3, -0.25) is 14.2 Å². The summed E-state index contributed by atoms with van der Waals surface area (Å²) in [5.41, 5.74) is 0.879. The lowest BCUT2D eigenvalue weighted by Crippen LogP contribution is -2.25. The molecule has 5 rings (SSSR count). The van der Waals surface area contributed by atoms with Crippen molar-refractivity contribution in [1.82, 2.24) is 29.5 Å². The van der Waals surface area contributed by atoms with Crippen LogP contribution in [0.4, 0.5) is 17.3 Å². The molecule has 0 radical (unpaired) electrons. The summed E-state index contributed by atoms with van der Waals surface area (Å²) in [5.74, 6) is 0.844. The number of anilines is 3. The second kappa shape index (κ2) is 7.26. The molecule has 4 heterocycles. The molecule has 0 unspecified atom stereocenters. The number of carbonyl (C=O) groups excluding carboxylic acids is 1. The smallest absolute Gasteiger partial charge is 0.280 e. The van der Waals surface area contributed by atoms with Crippen LogP contribution in [0.15, 0.2) is 47.0 Å². The van der Waals surface area contributed by atoms with Gasteiger partial charge in [0.2, 0.25) is 0 Å². The number of pyridine rings is 1. The van der Waals surface area contributed by atoms with Gasteiger partial charge in [0.1, 0.15) is 22.9 Å². The Morgan fingerprint density at radius 2 is 2.20 bits per heavy atom. The number of rotatable bonds is 6. The molecule has 11 heteroatoms. The van der Waals surface area contributed by atoms with Crippen LogP contribution in [-0.2, 0) is 0 Å². The molecule has 30 heavy (non-hydrogen) atoms. The molecule has 4 aromatic rings. The molecule has 0 aromatic carbocycles. The number of hydrogen-bond acceptors (Lipinski definition) is 8. The first-order chi connectivity index (χ1) is 14.6. The van der Waals surface area contributed by atoms with Crippen molar-refractivity contribution in [2.45, 2.75) is 18.9 Å². The summed E-state index contributed by atoms with van der Waals surface area (Å²) < 4.78 is 3.03. The Kier molecular flexibility index (Phi) is 4.43. The predicted octanol–water partition coefficient (Wildman–Crippen LogP) is 2.01. The minimum absolute atomic E-state index is 0.204. The number of amides is 1. The molecule has 0 aliphatic heterocycles. The molecule has 0 bridgehead atoms. The van der Waals surface area contributed by atoms with Gasteiger partial charge in [-0.15, -0.1) is 11.3 Å². The quantitative estimate of drug-likeness (QED) is 0.435. The zero-order valence-electron chi connectivity index (χ0n) is 16.0. The molecule has 1 saturated carbocycles. The van der Waals surface area contributed by atoms with E-state index in [1.165, 1.54) is 22.1 Å². The number of hydrogen-bond donors (Lipinski definition) is 3. The highest BCUT2D eigenvalue weighted by Gasteiger charge is 2.26. The van der Waals surface area contributed by atoms with Crippen molar-refractivity contribution >= 4 is 40.2 Å². The molecule has 3 N–H and O–H groups in total. The maximum absolute atomic E-state index is 12.9. The molecule has 1 amide bonds. The van der Waals surface area contributed by atoms with E-state index in [0.29, 0.717) is 33.7 Å². The molecule has 1 fully saturated rings. The molecule has 1 aliphatic carbocycles. The maximum atomic E-state index is 12.9. The topological polar surface area (TPSA) is 118 Å². The van der Waals surface area contributed by atoms with Gasteiger partial charge in [-0.1, -0.05) is 0 Å². The highest BCUT2D eigenvalue weighted by molar-refractivity contribution is 7.12. The summed E-state index contributed by atoms with van der Waals surface area (Å²) >= 11 is 1.37. The van der Waals surface area contributed by atoms with Crippen molar-refractivity contribution in [3.63, 3.8) is 0 Å². The van der Waals surface area contributed by atoms with E-state index >= 15 is 0 Å². The molecule has 0 spiro atoms. The molecular formula is C19H18N8O2S. The third-order valence-corrected chi connectivity index (χ3v) is 5.49. The molecule has 1 aliphatic rings. The monoisotopic (exact) mass is 422 g/mol. The number of fused-ring (bicyclic) bond motifs is 1. The minimum Gasteiger partial charge on any atom is -0.373 e. The van der Waals surface area contributed by atoms with Crippen LogP contribution in [0.3, 0.4) is 0 Å². The first-order valence-corrected chi connectivity index (χ1v) is 10.3.